The number of aliphatic carboxylic acids is 1. The molecule has 8 heteroatoms. The maximum atomic E-state index is 12.3. The number of nitrogens with zero attached hydrogens (tertiary/aromatic N) is 1. The molecule has 2 aromatic rings. The van der Waals surface area contributed by atoms with Crippen molar-refractivity contribution in [2.45, 2.75) is 38.1 Å². The molecule has 3 amide bonds. The predicted molar refractivity (Wildman–Crippen MR) is 99.5 cm³/mol. The Balaban J connectivity index is 1.40. The van der Waals surface area contributed by atoms with Crippen LogP contribution in [0, 0.1) is 0 Å². The predicted octanol–water partition coefficient (Wildman–Crippen LogP) is 1.43. The Kier molecular flexibility index (Phi) is 6.43. The summed E-state index contributed by atoms with van der Waals surface area (Å²) in [4.78, 5) is 48.8. The van der Waals surface area contributed by atoms with Crippen molar-refractivity contribution in [3.63, 3.8) is 0 Å². The first-order valence-electron chi connectivity index (χ1n) is 9.45. The van der Waals surface area contributed by atoms with Gasteiger partial charge >= 0.3 is 0 Å². The van der Waals surface area contributed by atoms with Crippen molar-refractivity contribution in [1.82, 2.24) is 10.2 Å². The van der Waals surface area contributed by atoms with Crippen molar-refractivity contribution in [3.8, 4) is 0 Å². The van der Waals surface area contributed by atoms with Gasteiger partial charge in [0.15, 0.2) is 0 Å². The fourth-order valence-electron chi connectivity index (χ4n) is 3.32. The molecule has 1 atom stereocenters. The van der Waals surface area contributed by atoms with Crippen LogP contribution in [0.4, 0.5) is 0 Å². The molecular weight excluding hydrogens is 376 g/mol. The number of hydrogen-bond donors (Lipinski definition) is 1. The molecule has 0 aliphatic carbocycles. The third kappa shape index (κ3) is 4.90. The van der Waals surface area contributed by atoms with Crippen LogP contribution in [0.2, 0.25) is 0 Å². The summed E-state index contributed by atoms with van der Waals surface area (Å²) in [7, 11) is 0. The first-order valence-corrected chi connectivity index (χ1v) is 9.45. The first-order chi connectivity index (χ1) is 14.0. The topological polar surface area (TPSA) is 120 Å². The van der Waals surface area contributed by atoms with E-state index in [9.17, 15) is 24.3 Å². The third-order valence-corrected chi connectivity index (χ3v) is 4.76. The first kappa shape index (κ1) is 20.3. The van der Waals surface area contributed by atoms with Crippen LogP contribution in [0.1, 0.15) is 64.6 Å². The number of unbranched alkanes of at least 4 members (excludes halogenated alkanes) is 2. The average molecular weight is 397 g/mol. The molecule has 0 saturated carbocycles. The second-order valence-corrected chi connectivity index (χ2v) is 6.83. The van der Waals surface area contributed by atoms with E-state index in [0.29, 0.717) is 42.7 Å². The van der Waals surface area contributed by atoms with Crippen LogP contribution in [-0.2, 0) is 9.59 Å². The molecule has 0 fully saturated rings. The Hall–Kier alpha value is -3.42. The Morgan fingerprint density at radius 1 is 1.00 bits per heavy atom. The lowest BCUT2D eigenvalue weighted by Gasteiger charge is -2.17. The van der Waals surface area contributed by atoms with E-state index in [1.807, 2.05) is 0 Å². The van der Waals surface area contributed by atoms with Gasteiger partial charge in [-0.2, -0.15) is 0 Å². The van der Waals surface area contributed by atoms with Crippen molar-refractivity contribution in [1.29, 1.82) is 0 Å². The molecule has 29 heavy (non-hydrogen) atoms. The summed E-state index contributed by atoms with van der Waals surface area (Å²) >= 11 is 0. The molecule has 8 nitrogen and oxygen atoms in total. The van der Waals surface area contributed by atoms with Gasteiger partial charge in [-0.25, -0.2) is 0 Å². The number of imide groups is 1. The van der Waals surface area contributed by atoms with Gasteiger partial charge in [-0.3, -0.25) is 19.3 Å². The molecule has 2 heterocycles. The second kappa shape index (κ2) is 9.18. The molecule has 152 valence electrons. The van der Waals surface area contributed by atoms with E-state index in [-0.39, 0.29) is 30.6 Å². The molecule has 0 radical (unpaired) electrons. The van der Waals surface area contributed by atoms with Crippen LogP contribution >= 0.6 is 0 Å². The molecule has 1 aliphatic rings. The minimum atomic E-state index is -1.28. The summed E-state index contributed by atoms with van der Waals surface area (Å²) in [6.45, 7) is 0.299. The lowest BCUT2D eigenvalue weighted by molar-refractivity contribution is -0.306. The van der Waals surface area contributed by atoms with Gasteiger partial charge in [0.25, 0.3) is 11.8 Å². The normalized spacial score (nSPS) is 14.0. The number of hydrogen-bond acceptors (Lipinski definition) is 6. The zero-order chi connectivity index (χ0) is 20.8. The Labute approximate surface area is 167 Å². The molecule has 1 aromatic heterocycles. The minimum absolute atomic E-state index is 0.201. The van der Waals surface area contributed by atoms with E-state index >= 15 is 0 Å². The van der Waals surface area contributed by atoms with E-state index in [1.165, 1.54) is 11.2 Å². The lowest BCUT2D eigenvalue weighted by atomic mass is 10.1. The van der Waals surface area contributed by atoms with Gasteiger partial charge in [0.05, 0.1) is 23.4 Å². The molecule has 0 bridgehead atoms. The highest BCUT2D eigenvalue weighted by atomic mass is 16.4. The molecule has 1 aliphatic heterocycles. The van der Waals surface area contributed by atoms with E-state index < -0.39 is 12.0 Å². The number of furan rings is 1. The van der Waals surface area contributed by atoms with Crippen LogP contribution in [0.3, 0.4) is 0 Å². The molecule has 3 rings (SSSR count). The van der Waals surface area contributed by atoms with Gasteiger partial charge in [-0.15, -0.1) is 0 Å². The van der Waals surface area contributed by atoms with Gasteiger partial charge < -0.3 is 19.6 Å². The summed E-state index contributed by atoms with van der Waals surface area (Å²) in [5.74, 6) is -1.80. The number of carboxylic acids is 1. The van der Waals surface area contributed by atoms with Crippen LogP contribution in [-0.4, -0.2) is 35.1 Å². The molecule has 1 aromatic carbocycles. The van der Waals surface area contributed by atoms with Crippen LogP contribution in [0.15, 0.2) is 47.1 Å². The summed E-state index contributed by atoms with van der Waals surface area (Å²) in [5.41, 5.74) is 0.850. The van der Waals surface area contributed by atoms with Crippen molar-refractivity contribution in [2.24, 2.45) is 0 Å². The smallest absolute Gasteiger partial charge is 0.261 e. The van der Waals surface area contributed by atoms with E-state index in [0.717, 1.165) is 0 Å². The van der Waals surface area contributed by atoms with Crippen molar-refractivity contribution in [2.75, 3.05) is 6.54 Å². The number of carboxylic acid groups (broad SMARTS) is 1. The number of rotatable bonds is 10. The minimum Gasteiger partial charge on any atom is -0.550 e. The standard InChI is InChI=1S/C21H22N2O6/c24-18(22-16(13-19(25)26)17-9-6-12-29-17)10-2-1-5-11-23-20(27)14-7-3-4-8-15(14)21(23)28/h3-4,6-9,12,16H,1-2,5,10-11,13H2,(H,22,24)(H,25,26)/p-1/t16-/m0/s1. The largest absolute Gasteiger partial charge is 0.550 e. The second-order valence-electron chi connectivity index (χ2n) is 6.83. The zero-order valence-corrected chi connectivity index (χ0v) is 15.8. The Morgan fingerprint density at radius 3 is 2.28 bits per heavy atom. The summed E-state index contributed by atoms with van der Waals surface area (Å²) in [6.07, 6.45) is 3.01. The van der Waals surface area contributed by atoms with Crippen LogP contribution < -0.4 is 10.4 Å². The maximum absolute atomic E-state index is 12.3. The quantitative estimate of drug-likeness (QED) is 0.478. The Bertz CT molecular complexity index is 871. The van der Waals surface area contributed by atoms with Crippen molar-refractivity contribution >= 4 is 23.7 Å². The number of carbonyl (C=O) groups excluding carboxylic acids is 4. The zero-order valence-electron chi connectivity index (χ0n) is 15.8. The van der Waals surface area contributed by atoms with Gasteiger partial charge in [-0.05, 0) is 37.1 Å². The molecule has 0 spiro atoms. The highest BCUT2D eigenvalue weighted by Crippen LogP contribution is 2.23. The summed E-state index contributed by atoms with van der Waals surface area (Å²) in [5, 5.41) is 13.5. The Morgan fingerprint density at radius 2 is 1.69 bits per heavy atom. The van der Waals surface area contributed by atoms with Crippen molar-refractivity contribution in [3.05, 3.63) is 59.5 Å². The molecule has 0 unspecified atom stereocenters. The number of carbonyl (C=O) groups is 4. The van der Waals surface area contributed by atoms with Gasteiger partial charge in [0, 0.05) is 25.4 Å². The summed E-state index contributed by atoms with van der Waals surface area (Å²) < 4.78 is 5.17. The van der Waals surface area contributed by atoms with E-state index in [1.54, 1.807) is 36.4 Å². The lowest BCUT2D eigenvalue weighted by Crippen LogP contribution is -2.34. The maximum Gasteiger partial charge on any atom is 0.261 e. The van der Waals surface area contributed by atoms with E-state index in [4.69, 9.17) is 4.42 Å². The highest BCUT2D eigenvalue weighted by Gasteiger charge is 2.34. The number of fused-ring (bicyclic) bond motifs is 1. The SMILES string of the molecule is O=C([O-])C[C@H](NC(=O)CCCCCN1C(=O)c2ccccc2C1=O)c1ccco1. The van der Waals surface area contributed by atoms with Gasteiger partial charge in [0.1, 0.15) is 5.76 Å². The number of nitrogens with one attached hydrogen (secondary N) is 1. The molecule has 1 N–H and O–H groups in total. The average Bonchev–Trinajstić information content (AvgIpc) is 3.30. The summed E-state index contributed by atoms with van der Waals surface area (Å²) in [6, 6.07) is 9.16. The highest BCUT2D eigenvalue weighted by molar-refractivity contribution is 6.21. The molecular formula is C21H21N2O6-. The van der Waals surface area contributed by atoms with Gasteiger partial charge in [-0.1, -0.05) is 18.6 Å². The fraction of sp³-hybridized carbons (Fsp3) is 0.333. The van der Waals surface area contributed by atoms with Crippen molar-refractivity contribution < 1.29 is 28.7 Å². The molecule has 0 saturated heterocycles. The fourth-order valence-corrected chi connectivity index (χ4v) is 3.32. The van der Waals surface area contributed by atoms with E-state index in [2.05, 4.69) is 5.32 Å². The van der Waals surface area contributed by atoms with Gasteiger partial charge in [0.2, 0.25) is 5.91 Å². The third-order valence-electron chi connectivity index (χ3n) is 4.76. The number of benzene rings is 1. The number of amides is 3. The van der Waals surface area contributed by atoms with Crippen LogP contribution in [0.5, 0.6) is 0 Å². The van der Waals surface area contributed by atoms with Crippen LogP contribution in [0.25, 0.3) is 0 Å². The monoisotopic (exact) mass is 397 g/mol.